The summed E-state index contributed by atoms with van der Waals surface area (Å²) in [6.07, 6.45) is 1.70. The summed E-state index contributed by atoms with van der Waals surface area (Å²) in [6.45, 7) is 8.90. The molecule has 4 nitrogen and oxygen atoms in total. The van der Waals surface area contributed by atoms with Gasteiger partial charge in [-0.3, -0.25) is 0 Å². The van der Waals surface area contributed by atoms with Crippen molar-refractivity contribution in [2.24, 2.45) is 0 Å². The molecule has 0 aliphatic heterocycles. The molecule has 0 spiro atoms. The van der Waals surface area contributed by atoms with Crippen LogP contribution < -0.4 is 4.74 Å². The number of rotatable bonds is 7. The van der Waals surface area contributed by atoms with Crippen LogP contribution in [0.15, 0.2) is 61.2 Å². The highest BCUT2D eigenvalue weighted by atomic mass is 16.5. The van der Waals surface area contributed by atoms with Crippen molar-refractivity contribution in [2.45, 2.75) is 20.4 Å². The molecule has 1 heterocycles. The number of hydrogen-bond donors (Lipinski definition) is 0. The summed E-state index contributed by atoms with van der Waals surface area (Å²) in [4.78, 5) is 12.6. The molecule has 0 N–H and O–H groups in total. The summed E-state index contributed by atoms with van der Waals surface area (Å²) in [7, 11) is 0. The van der Waals surface area contributed by atoms with Gasteiger partial charge in [-0.05, 0) is 37.6 Å². The van der Waals surface area contributed by atoms with Crippen LogP contribution in [0.3, 0.4) is 0 Å². The van der Waals surface area contributed by atoms with Crippen molar-refractivity contribution in [3.05, 3.63) is 78.0 Å². The molecule has 0 saturated carbocycles. The largest absolute Gasteiger partial charge is 0.490 e. The van der Waals surface area contributed by atoms with Gasteiger partial charge >= 0.3 is 5.97 Å². The minimum absolute atomic E-state index is 0.303. The molecule has 3 rings (SSSR count). The third-order valence-electron chi connectivity index (χ3n) is 4.33. The second-order valence-corrected chi connectivity index (χ2v) is 6.03. The third-order valence-corrected chi connectivity index (χ3v) is 4.33. The first-order chi connectivity index (χ1) is 12.7. The van der Waals surface area contributed by atoms with Crippen LogP contribution in [0.1, 0.15) is 28.5 Å². The van der Waals surface area contributed by atoms with E-state index in [1.807, 2.05) is 50.2 Å². The summed E-state index contributed by atoms with van der Waals surface area (Å²) < 4.78 is 13.1. The van der Waals surface area contributed by atoms with Gasteiger partial charge in [0.05, 0.1) is 12.2 Å². The summed E-state index contributed by atoms with van der Waals surface area (Å²) >= 11 is 0. The first kappa shape index (κ1) is 17.8. The molecule has 0 atom stereocenters. The van der Waals surface area contributed by atoms with Gasteiger partial charge < -0.3 is 14.0 Å². The normalized spacial score (nSPS) is 10.7. The van der Waals surface area contributed by atoms with Crippen LogP contribution >= 0.6 is 0 Å². The van der Waals surface area contributed by atoms with E-state index in [-0.39, 0.29) is 5.97 Å². The topological polar surface area (TPSA) is 40.5 Å². The van der Waals surface area contributed by atoms with E-state index in [1.165, 1.54) is 5.56 Å². The Labute approximate surface area is 153 Å². The molecule has 4 heteroatoms. The number of carbonyl (C=O) groups excluding carboxylic acids is 1. The van der Waals surface area contributed by atoms with E-state index in [4.69, 9.17) is 9.47 Å². The van der Waals surface area contributed by atoms with Gasteiger partial charge in [-0.1, -0.05) is 43.0 Å². The Morgan fingerprint density at radius 2 is 1.96 bits per heavy atom. The number of ether oxygens (including phenoxy) is 2. The van der Waals surface area contributed by atoms with Crippen LogP contribution in [0, 0.1) is 6.92 Å². The maximum absolute atomic E-state index is 12.6. The van der Waals surface area contributed by atoms with Gasteiger partial charge in [0.25, 0.3) is 0 Å². The van der Waals surface area contributed by atoms with Crippen molar-refractivity contribution in [3.63, 3.8) is 0 Å². The molecule has 0 saturated heterocycles. The first-order valence-electron chi connectivity index (χ1n) is 8.73. The van der Waals surface area contributed by atoms with Gasteiger partial charge in [0.15, 0.2) is 0 Å². The van der Waals surface area contributed by atoms with Crippen LogP contribution in [-0.4, -0.2) is 23.8 Å². The Hall–Kier alpha value is -3.01. The Bertz CT molecular complexity index is 925. The number of hydrogen-bond acceptors (Lipinski definition) is 3. The highest BCUT2D eigenvalue weighted by Gasteiger charge is 2.21. The highest BCUT2D eigenvalue weighted by Crippen LogP contribution is 2.31. The van der Waals surface area contributed by atoms with E-state index in [0.29, 0.717) is 31.1 Å². The van der Waals surface area contributed by atoms with Crippen molar-refractivity contribution in [2.75, 3.05) is 13.2 Å². The average Bonchev–Trinajstić information content (AvgIpc) is 2.92. The fraction of sp³-hybridized carbons (Fsp3) is 0.227. The van der Waals surface area contributed by atoms with Crippen molar-refractivity contribution >= 4 is 16.9 Å². The fourth-order valence-corrected chi connectivity index (χ4v) is 3.14. The van der Waals surface area contributed by atoms with Gasteiger partial charge in [0, 0.05) is 23.1 Å². The van der Waals surface area contributed by atoms with Gasteiger partial charge in [0.1, 0.15) is 12.4 Å². The zero-order valence-corrected chi connectivity index (χ0v) is 15.2. The predicted octanol–water partition coefficient (Wildman–Crippen LogP) is 4.74. The molecule has 0 aliphatic rings. The number of fused-ring (bicyclic) bond motifs is 1. The van der Waals surface area contributed by atoms with Crippen LogP contribution in [0.25, 0.3) is 10.9 Å². The van der Waals surface area contributed by atoms with E-state index in [2.05, 4.69) is 23.3 Å². The lowest BCUT2D eigenvalue weighted by molar-refractivity contribution is 0.0527. The minimum Gasteiger partial charge on any atom is -0.490 e. The average molecular weight is 349 g/mol. The molecule has 2 aromatic carbocycles. The molecule has 0 bridgehead atoms. The van der Waals surface area contributed by atoms with Crippen LogP contribution in [0.2, 0.25) is 0 Å². The summed E-state index contributed by atoms with van der Waals surface area (Å²) in [5.74, 6) is 0.405. The van der Waals surface area contributed by atoms with E-state index >= 15 is 0 Å². The number of benzene rings is 2. The number of aromatic nitrogens is 1. The Kier molecular flexibility index (Phi) is 5.42. The second kappa shape index (κ2) is 7.91. The fourth-order valence-electron chi connectivity index (χ4n) is 3.14. The molecular formula is C22H23NO3. The number of esters is 1. The Morgan fingerprint density at radius 3 is 2.65 bits per heavy atom. The Morgan fingerprint density at radius 1 is 1.19 bits per heavy atom. The van der Waals surface area contributed by atoms with Gasteiger partial charge in [-0.25, -0.2) is 4.79 Å². The van der Waals surface area contributed by atoms with Crippen LogP contribution in [-0.2, 0) is 11.3 Å². The quantitative estimate of drug-likeness (QED) is 0.457. The maximum Gasteiger partial charge on any atom is 0.340 e. The molecule has 26 heavy (non-hydrogen) atoms. The number of carbonyl (C=O) groups is 1. The van der Waals surface area contributed by atoms with E-state index in [1.54, 1.807) is 6.08 Å². The lowest BCUT2D eigenvalue weighted by Gasteiger charge is -2.09. The predicted molar refractivity (Wildman–Crippen MR) is 104 cm³/mol. The smallest absolute Gasteiger partial charge is 0.340 e. The minimum atomic E-state index is -0.303. The summed E-state index contributed by atoms with van der Waals surface area (Å²) in [5, 5.41) is 0.846. The van der Waals surface area contributed by atoms with Crippen molar-refractivity contribution in [1.29, 1.82) is 0 Å². The number of nitrogens with zero attached hydrogens (tertiary/aromatic N) is 1. The third kappa shape index (κ3) is 3.49. The second-order valence-electron chi connectivity index (χ2n) is 6.03. The molecule has 0 unspecified atom stereocenters. The van der Waals surface area contributed by atoms with Gasteiger partial charge in [0.2, 0.25) is 0 Å². The zero-order valence-electron chi connectivity index (χ0n) is 15.2. The molecule has 0 radical (unpaired) electrons. The monoisotopic (exact) mass is 349 g/mol. The van der Waals surface area contributed by atoms with E-state index in [9.17, 15) is 4.79 Å². The maximum atomic E-state index is 12.6. The molecular weight excluding hydrogens is 326 g/mol. The van der Waals surface area contributed by atoms with Gasteiger partial charge in [-0.2, -0.15) is 0 Å². The lowest BCUT2D eigenvalue weighted by Crippen LogP contribution is -2.08. The van der Waals surface area contributed by atoms with E-state index in [0.717, 1.165) is 16.6 Å². The first-order valence-corrected chi connectivity index (χ1v) is 8.73. The standard InChI is InChI=1S/C22H23NO3/c1-4-13-26-18-11-12-20-19(14-18)21(22(24)25-5-2)16(3)23(20)15-17-9-7-6-8-10-17/h4,6-12,14H,1,5,13,15H2,2-3H3. The van der Waals surface area contributed by atoms with Crippen molar-refractivity contribution in [1.82, 2.24) is 4.57 Å². The molecule has 0 aliphatic carbocycles. The molecule has 1 aromatic heterocycles. The highest BCUT2D eigenvalue weighted by molar-refractivity contribution is 6.06. The van der Waals surface area contributed by atoms with Crippen LogP contribution in [0.5, 0.6) is 5.75 Å². The summed E-state index contributed by atoms with van der Waals surface area (Å²) in [6, 6.07) is 16.0. The Balaban J connectivity index is 2.13. The summed E-state index contributed by atoms with van der Waals surface area (Å²) in [5.41, 5.74) is 3.65. The van der Waals surface area contributed by atoms with Crippen molar-refractivity contribution < 1.29 is 14.3 Å². The van der Waals surface area contributed by atoms with E-state index < -0.39 is 0 Å². The van der Waals surface area contributed by atoms with Crippen LogP contribution in [0.4, 0.5) is 0 Å². The zero-order chi connectivity index (χ0) is 18.5. The van der Waals surface area contributed by atoms with Gasteiger partial charge in [-0.15, -0.1) is 0 Å². The molecule has 0 fully saturated rings. The SMILES string of the molecule is C=CCOc1ccc2c(c1)c(C(=O)OCC)c(C)n2Cc1ccccc1. The molecule has 3 aromatic rings. The molecule has 134 valence electrons. The lowest BCUT2D eigenvalue weighted by atomic mass is 10.1. The molecule has 0 amide bonds. The van der Waals surface area contributed by atoms with Crippen molar-refractivity contribution in [3.8, 4) is 5.75 Å².